The van der Waals surface area contributed by atoms with E-state index in [1.165, 1.54) is 22.2 Å². The van der Waals surface area contributed by atoms with Crippen molar-refractivity contribution in [1.29, 1.82) is 0 Å². The summed E-state index contributed by atoms with van der Waals surface area (Å²) in [6.07, 6.45) is 7.13. The number of nitrogens with two attached hydrogens (primary N) is 1. The second-order valence-electron chi connectivity index (χ2n) is 4.83. The highest BCUT2D eigenvalue weighted by atomic mass is 14.8. The number of aromatic nitrogens is 3. The molecule has 0 saturated heterocycles. The molecule has 2 heterocycles. The standard InChI is InChI=1S/C16H18N4/c1-2-14-13(6-7-17)16-12(4-3-5-15(16)20-14)11-8-18-10-19-9-11/h3-5,8-10,20H,2,6-7,17H2,1H3. The number of nitrogens with one attached hydrogen (secondary N) is 1. The molecule has 102 valence electrons. The molecule has 3 N–H and O–H groups in total. The molecular weight excluding hydrogens is 248 g/mol. The molecule has 2 aromatic heterocycles. The van der Waals surface area contributed by atoms with Gasteiger partial charge in [-0.05, 0) is 36.6 Å². The maximum Gasteiger partial charge on any atom is 0.115 e. The van der Waals surface area contributed by atoms with Gasteiger partial charge in [0, 0.05) is 34.6 Å². The summed E-state index contributed by atoms with van der Waals surface area (Å²) in [6, 6.07) is 6.29. The predicted molar refractivity (Wildman–Crippen MR) is 81.5 cm³/mol. The summed E-state index contributed by atoms with van der Waals surface area (Å²) in [5.74, 6) is 0. The molecule has 0 amide bonds. The van der Waals surface area contributed by atoms with Crippen LogP contribution in [0.4, 0.5) is 0 Å². The lowest BCUT2D eigenvalue weighted by molar-refractivity contribution is 0.936. The maximum atomic E-state index is 5.78. The van der Waals surface area contributed by atoms with Crippen molar-refractivity contribution < 1.29 is 0 Å². The third-order valence-corrected chi connectivity index (χ3v) is 3.64. The van der Waals surface area contributed by atoms with E-state index < -0.39 is 0 Å². The topological polar surface area (TPSA) is 67.6 Å². The Labute approximate surface area is 118 Å². The molecule has 3 rings (SSSR count). The maximum absolute atomic E-state index is 5.78. The van der Waals surface area contributed by atoms with E-state index in [4.69, 9.17) is 5.73 Å². The molecule has 0 spiro atoms. The third-order valence-electron chi connectivity index (χ3n) is 3.64. The molecule has 1 aromatic carbocycles. The van der Waals surface area contributed by atoms with E-state index in [-0.39, 0.29) is 0 Å². The highest BCUT2D eigenvalue weighted by Gasteiger charge is 2.14. The fourth-order valence-electron chi connectivity index (χ4n) is 2.77. The number of benzene rings is 1. The number of H-pyrrole nitrogens is 1. The van der Waals surface area contributed by atoms with Crippen molar-refractivity contribution in [2.45, 2.75) is 19.8 Å². The van der Waals surface area contributed by atoms with E-state index in [1.54, 1.807) is 6.33 Å². The van der Waals surface area contributed by atoms with Crippen LogP contribution in [-0.2, 0) is 12.8 Å². The van der Waals surface area contributed by atoms with E-state index in [1.807, 2.05) is 12.4 Å². The third kappa shape index (κ3) is 2.08. The van der Waals surface area contributed by atoms with Gasteiger partial charge in [0.05, 0.1) is 0 Å². The smallest absolute Gasteiger partial charge is 0.115 e. The van der Waals surface area contributed by atoms with Crippen LogP contribution in [0, 0.1) is 0 Å². The van der Waals surface area contributed by atoms with E-state index in [9.17, 15) is 0 Å². The highest BCUT2D eigenvalue weighted by Crippen LogP contribution is 2.32. The first-order valence-electron chi connectivity index (χ1n) is 6.93. The van der Waals surface area contributed by atoms with Crippen molar-refractivity contribution in [3.8, 4) is 11.1 Å². The lowest BCUT2D eigenvalue weighted by atomic mass is 9.98. The van der Waals surface area contributed by atoms with Crippen molar-refractivity contribution in [1.82, 2.24) is 15.0 Å². The molecule has 4 nitrogen and oxygen atoms in total. The van der Waals surface area contributed by atoms with Crippen LogP contribution in [0.5, 0.6) is 0 Å². The van der Waals surface area contributed by atoms with Gasteiger partial charge in [-0.15, -0.1) is 0 Å². The average molecular weight is 266 g/mol. The van der Waals surface area contributed by atoms with Gasteiger partial charge < -0.3 is 10.7 Å². The molecule has 0 aliphatic carbocycles. The number of rotatable bonds is 4. The van der Waals surface area contributed by atoms with E-state index >= 15 is 0 Å². The Balaban J connectivity index is 2.30. The largest absolute Gasteiger partial charge is 0.358 e. The summed E-state index contributed by atoms with van der Waals surface area (Å²) < 4.78 is 0. The fraction of sp³-hybridized carbons (Fsp3) is 0.250. The van der Waals surface area contributed by atoms with Gasteiger partial charge in [0.25, 0.3) is 0 Å². The number of aryl methyl sites for hydroxylation is 1. The van der Waals surface area contributed by atoms with Crippen LogP contribution in [0.25, 0.3) is 22.0 Å². The van der Waals surface area contributed by atoms with Gasteiger partial charge in [0.15, 0.2) is 0 Å². The van der Waals surface area contributed by atoms with Crippen LogP contribution in [0.15, 0.2) is 36.9 Å². The molecule has 3 aromatic rings. The van der Waals surface area contributed by atoms with Gasteiger partial charge >= 0.3 is 0 Å². The van der Waals surface area contributed by atoms with Gasteiger partial charge in [0.1, 0.15) is 6.33 Å². The van der Waals surface area contributed by atoms with Crippen molar-refractivity contribution >= 4 is 10.9 Å². The Hall–Kier alpha value is -2.20. The summed E-state index contributed by atoms with van der Waals surface area (Å²) in [5.41, 5.74) is 11.7. The SMILES string of the molecule is CCc1[nH]c2cccc(-c3cncnc3)c2c1CCN. The molecule has 0 bridgehead atoms. The second kappa shape index (κ2) is 5.43. The highest BCUT2D eigenvalue weighted by molar-refractivity contribution is 5.98. The Bertz CT molecular complexity index is 716. The fourth-order valence-corrected chi connectivity index (χ4v) is 2.77. The molecule has 20 heavy (non-hydrogen) atoms. The minimum absolute atomic E-state index is 0.652. The van der Waals surface area contributed by atoms with Gasteiger partial charge in [-0.1, -0.05) is 19.1 Å². The first kappa shape index (κ1) is 12.8. The summed E-state index contributed by atoms with van der Waals surface area (Å²) in [6.45, 7) is 2.82. The number of fused-ring (bicyclic) bond motifs is 1. The van der Waals surface area contributed by atoms with Crippen molar-refractivity contribution in [2.75, 3.05) is 6.54 Å². The Morgan fingerprint density at radius 3 is 2.70 bits per heavy atom. The Morgan fingerprint density at radius 2 is 2.00 bits per heavy atom. The van der Waals surface area contributed by atoms with Gasteiger partial charge in [0.2, 0.25) is 0 Å². The van der Waals surface area contributed by atoms with E-state index in [0.717, 1.165) is 23.9 Å². The summed E-state index contributed by atoms with van der Waals surface area (Å²) in [4.78, 5) is 11.8. The van der Waals surface area contributed by atoms with Gasteiger partial charge in [-0.2, -0.15) is 0 Å². The summed E-state index contributed by atoms with van der Waals surface area (Å²) in [5, 5.41) is 1.25. The van der Waals surface area contributed by atoms with Crippen LogP contribution in [0.3, 0.4) is 0 Å². The zero-order chi connectivity index (χ0) is 13.9. The predicted octanol–water partition coefficient (Wildman–Crippen LogP) is 2.69. The second-order valence-corrected chi connectivity index (χ2v) is 4.83. The molecule has 0 fully saturated rings. The van der Waals surface area contributed by atoms with E-state index in [2.05, 4.69) is 40.1 Å². The summed E-state index contributed by atoms with van der Waals surface area (Å²) in [7, 11) is 0. The lowest BCUT2D eigenvalue weighted by Crippen LogP contribution is -2.04. The minimum Gasteiger partial charge on any atom is -0.358 e. The molecule has 0 unspecified atom stereocenters. The average Bonchev–Trinajstić information content (AvgIpc) is 2.86. The zero-order valence-electron chi connectivity index (χ0n) is 11.6. The van der Waals surface area contributed by atoms with Crippen LogP contribution in [0.2, 0.25) is 0 Å². The Kier molecular flexibility index (Phi) is 3.48. The first-order valence-corrected chi connectivity index (χ1v) is 6.93. The van der Waals surface area contributed by atoms with Crippen molar-refractivity contribution in [3.05, 3.63) is 48.2 Å². The number of hydrogen-bond acceptors (Lipinski definition) is 3. The zero-order valence-corrected chi connectivity index (χ0v) is 11.6. The van der Waals surface area contributed by atoms with Crippen LogP contribution >= 0.6 is 0 Å². The number of aromatic amines is 1. The number of hydrogen-bond donors (Lipinski definition) is 2. The molecule has 0 aliphatic heterocycles. The Morgan fingerprint density at radius 1 is 1.20 bits per heavy atom. The molecule has 4 heteroatoms. The minimum atomic E-state index is 0.652. The first-order chi connectivity index (χ1) is 9.85. The van der Waals surface area contributed by atoms with E-state index in [0.29, 0.717) is 6.54 Å². The molecular formula is C16H18N4. The van der Waals surface area contributed by atoms with Crippen LogP contribution in [0.1, 0.15) is 18.2 Å². The lowest BCUT2D eigenvalue weighted by Gasteiger charge is -2.06. The van der Waals surface area contributed by atoms with Crippen molar-refractivity contribution in [3.63, 3.8) is 0 Å². The monoisotopic (exact) mass is 266 g/mol. The van der Waals surface area contributed by atoms with Crippen LogP contribution < -0.4 is 5.73 Å². The van der Waals surface area contributed by atoms with Crippen molar-refractivity contribution in [2.24, 2.45) is 5.73 Å². The molecule has 0 aliphatic rings. The van der Waals surface area contributed by atoms with Gasteiger partial charge in [-0.25, -0.2) is 9.97 Å². The molecule has 0 radical (unpaired) electrons. The van der Waals surface area contributed by atoms with Crippen LogP contribution in [-0.4, -0.2) is 21.5 Å². The number of nitrogens with zero attached hydrogens (tertiary/aromatic N) is 2. The normalized spacial score (nSPS) is 11.1. The summed E-state index contributed by atoms with van der Waals surface area (Å²) >= 11 is 0. The molecule has 0 atom stereocenters. The quantitative estimate of drug-likeness (QED) is 0.763. The molecule has 0 saturated carbocycles. The van der Waals surface area contributed by atoms with Gasteiger partial charge in [-0.3, -0.25) is 0 Å².